The smallest absolute Gasteiger partial charge is 0.341 e. The largest absolute Gasteiger partial charge is 0.465 e. The Hall–Kier alpha value is -2.46. The van der Waals surface area contributed by atoms with Crippen molar-refractivity contribution in [1.82, 2.24) is 19.6 Å². The van der Waals surface area contributed by atoms with E-state index in [0.717, 1.165) is 17.8 Å². The van der Waals surface area contributed by atoms with Crippen LogP contribution in [0.4, 0.5) is 5.00 Å². The number of carbonyl (C=O) groups excluding carboxylic acids is 2. The zero-order valence-corrected chi connectivity index (χ0v) is 20.9. The molecule has 2 rings (SSSR count). The number of carbonyl (C=O) groups is 2. The number of nitrogens with one attached hydrogen (secondary N) is 1. The van der Waals surface area contributed by atoms with Crippen LogP contribution >= 0.6 is 23.6 Å². The van der Waals surface area contributed by atoms with Gasteiger partial charge in [0, 0.05) is 45.0 Å². The molecule has 2 aromatic heterocycles. The van der Waals surface area contributed by atoms with Crippen LogP contribution in [0.2, 0.25) is 0 Å². The van der Waals surface area contributed by atoms with Crippen LogP contribution in [0.15, 0.2) is 6.20 Å². The normalized spacial score (nSPS) is 10.7. The van der Waals surface area contributed by atoms with Crippen LogP contribution in [0, 0.1) is 13.8 Å². The van der Waals surface area contributed by atoms with Gasteiger partial charge in [-0.3, -0.25) is 9.48 Å². The number of methoxy groups -OCH3 is 1. The van der Waals surface area contributed by atoms with Crippen LogP contribution in [-0.4, -0.2) is 63.8 Å². The predicted molar refractivity (Wildman–Crippen MR) is 128 cm³/mol. The number of hydrogen-bond acceptors (Lipinski definition) is 6. The summed E-state index contributed by atoms with van der Waals surface area (Å²) >= 11 is 6.81. The van der Waals surface area contributed by atoms with Crippen molar-refractivity contribution < 1.29 is 14.3 Å². The van der Waals surface area contributed by atoms with E-state index in [9.17, 15) is 9.59 Å². The number of esters is 1. The molecule has 8 nitrogen and oxygen atoms in total. The predicted octanol–water partition coefficient (Wildman–Crippen LogP) is 3.68. The number of rotatable bonds is 8. The minimum atomic E-state index is -0.500. The Morgan fingerprint density at radius 1 is 1.26 bits per heavy atom. The van der Waals surface area contributed by atoms with Crippen molar-refractivity contribution in [1.29, 1.82) is 0 Å². The van der Waals surface area contributed by atoms with Gasteiger partial charge in [-0.25, -0.2) is 4.79 Å². The van der Waals surface area contributed by atoms with Gasteiger partial charge in [0.05, 0.1) is 23.2 Å². The fourth-order valence-electron chi connectivity index (χ4n) is 3.20. The Bertz CT molecular complexity index is 963. The maximum absolute atomic E-state index is 12.9. The second kappa shape index (κ2) is 10.7. The SMILES string of the molecule is CCN(CC)C(=O)c1sc(NC(=S)N(C)Cc2cn(CC)nc2C)c(C(=O)OC)c1C. The molecule has 0 aliphatic rings. The number of anilines is 1. The molecule has 0 saturated heterocycles. The number of hydrogen-bond donors (Lipinski definition) is 1. The molecule has 0 saturated carbocycles. The summed E-state index contributed by atoms with van der Waals surface area (Å²) in [6, 6.07) is 0. The number of thiophene rings is 1. The van der Waals surface area contributed by atoms with E-state index < -0.39 is 5.97 Å². The van der Waals surface area contributed by atoms with Crippen LogP contribution in [0.25, 0.3) is 0 Å². The fourth-order valence-corrected chi connectivity index (χ4v) is 4.60. The van der Waals surface area contributed by atoms with Gasteiger partial charge in [0.1, 0.15) is 5.00 Å². The molecule has 0 bridgehead atoms. The Kier molecular flexibility index (Phi) is 8.58. The first-order valence-electron chi connectivity index (χ1n) is 10.2. The van der Waals surface area contributed by atoms with E-state index >= 15 is 0 Å². The zero-order valence-electron chi connectivity index (χ0n) is 19.2. The summed E-state index contributed by atoms with van der Waals surface area (Å²) in [4.78, 5) is 29.5. The summed E-state index contributed by atoms with van der Waals surface area (Å²) in [5.41, 5.74) is 2.96. The third kappa shape index (κ3) is 5.43. The highest BCUT2D eigenvalue weighted by atomic mass is 32.1. The summed E-state index contributed by atoms with van der Waals surface area (Å²) in [5, 5.41) is 8.57. The lowest BCUT2D eigenvalue weighted by atomic mass is 10.1. The monoisotopic (exact) mass is 465 g/mol. The van der Waals surface area contributed by atoms with Crippen LogP contribution in [0.1, 0.15) is 57.6 Å². The summed E-state index contributed by atoms with van der Waals surface area (Å²) < 4.78 is 6.85. The van der Waals surface area contributed by atoms with E-state index in [-0.39, 0.29) is 5.91 Å². The third-order valence-electron chi connectivity index (χ3n) is 5.13. The van der Waals surface area contributed by atoms with Crippen molar-refractivity contribution in [2.45, 2.75) is 47.7 Å². The van der Waals surface area contributed by atoms with Gasteiger partial charge in [-0.2, -0.15) is 5.10 Å². The number of nitrogens with zero attached hydrogens (tertiary/aromatic N) is 4. The topological polar surface area (TPSA) is 79.7 Å². The van der Waals surface area contributed by atoms with E-state index in [1.807, 2.05) is 50.5 Å². The lowest BCUT2D eigenvalue weighted by Gasteiger charge is -2.20. The molecule has 2 aromatic rings. The molecular weight excluding hydrogens is 434 g/mol. The number of ether oxygens (including phenoxy) is 1. The lowest BCUT2D eigenvalue weighted by molar-refractivity contribution is 0.0601. The Labute approximate surface area is 193 Å². The van der Waals surface area contributed by atoms with Gasteiger partial charge in [0.15, 0.2) is 5.11 Å². The second-order valence-electron chi connectivity index (χ2n) is 7.11. The van der Waals surface area contributed by atoms with Gasteiger partial charge < -0.3 is 19.9 Å². The van der Waals surface area contributed by atoms with Gasteiger partial charge in [-0.1, -0.05) is 0 Å². The van der Waals surface area contributed by atoms with Crippen molar-refractivity contribution in [3.05, 3.63) is 33.5 Å². The van der Waals surface area contributed by atoms with Crippen molar-refractivity contribution in [2.24, 2.45) is 0 Å². The summed E-state index contributed by atoms with van der Waals surface area (Å²) in [5.74, 6) is -0.604. The van der Waals surface area contributed by atoms with Gasteiger partial charge in [-0.05, 0) is 52.4 Å². The molecule has 0 spiro atoms. The van der Waals surface area contributed by atoms with E-state index in [4.69, 9.17) is 17.0 Å². The van der Waals surface area contributed by atoms with Gasteiger partial charge in [0.25, 0.3) is 5.91 Å². The Morgan fingerprint density at radius 3 is 2.42 bits per heavy atom. The van der Waals surface area contributed by atoms with Crippen LogP contribution in [0.5, 0.6) is 0 Å². The van der Waals surface area contributed by atoms with Gasteiger partial charge >= 0.3 is 5.97 Å². The first kappa shape index (κ1) is 24.8. The molecule has 0 aliphatic heterocycles. The maximum atomic E-state index is 12.9. The first-order valence-corrected chi connectivity index (χ1v) is 11.5. The van der Waals surface area contributed by atoms with Gasteiger partial charge in [0.2, 0.25) is 0 Å². The number of aromatic nitrogens is 2. The quantitative estimate of drug-likeness (QED) is 0.471. The standard InChI is InChI=1S/C21H31N5O3S2/c1-8-25(9-2)19(27)17-13(4)16(20(28)29-7)18(31-17)22-21(30)24(6)11-15-12-26(10-3)23-14(15)5/h12H,8-11H2,1-7H3,(H,22,30). The van der Waals surface area contributed by atoms with Crippen molar-refractivity contribution in [3.63, 3.8) is 0 Å². The molecular formula is C21H31N5O3S2. The first-order chi connectivity index (χ1) is 14.7. The van der Waals surface area contributed by atoms with Crippen molar-refractivity contribution in [2.75, 3.05) is 32.6 Å². The molecule has 31 heavy (non-hydrogen) atoms. The summed E-state index contributed by atoms with van der Waals surface area (Å²) in [7, 11) is 3.20. The van der Waals surface area contributed by atoms with Gasteiger partial charge in [-0.15, -0.1) is 11.3 Å². The molecule has 0 atom stereocenters. The van der Waals surface area contributed by atoms with Crippen LogP contribution in [-0.2, 0) is 17.8 Å². The van der Waals surface area contributed by atoms with Crippen LogP contribution < -0.4 is 5.32 Å². The number of aryl methyl sites for hydroxylation is 2. The molecule has 0 fully saturated rings. The number of thiocarbonyl (C=S) groups is 1. The summed E-state index contributed by atoms with van der Waals surface area (Å²) in [6.07, 6.45) is 2.00. The molecule has 0 unspecified atom stereocenters. The Balaban J connectivity index is 2.30. The number of amides is 1. The Morgan fingerprint density at radius 2 is 1.90 bits per heavy atom. The zero-order chi connectivity index (χ0) is 23.3. The molecule has 0 radical (unpaired) electrons. The minimum Gasteiger partial charge on any atom is -0.465 e. The molecule has 2 heterocycles. The van der Waals surface area contributed by atoms with E-state index in [0.29, 0.717) is 45.8 Å². The molecule has 0 aliphatic carbocycles. The lowest BCUT2D eigenvalue weighted by Crippen LogP contribution is -2.31. The molecule has 10 heteroatoms. The average Bonchev–Trinajstić information content (AvgIpc) is 3.27. The minimum absolute atomic E-state index is 0.104. The highest BCUT2D eigenvalue weighted by Gasteiger charge is 2.28. The van der Waals surface area contributed by atoms with Crippen molar-refractivity contribution >= 4 is 45.5 Å². The van der Waals surface area contributed by atoms with E-state index in [2.05, 4.69) is 10.4 Å². The molecule has 170 valence electrons. The average molecular weight is 466 g/mol. The van der Waals surface area contributed by atoms with E-state index in [1.165, 1.54) is 18.4 Å². The van der Waals surface area contributed by atoms with Crippen molar-refractivity contribution in [3.8, 4) is 0 Å². The van der Waals surface area contributed by atoms with Crippen LogP contribution in [0.3, 0.4) is 0 Å². The van der Waals surface area contributed by atoms with E-state index in [1.54, 1.807) is 11.8 Å². The molecule has 0 aromatic carbocycles. The fraction of sp³-hybridized carbons (Fsp3) is 0.524. The highest BCUT2D eigenvalue weighted by molar-refractivity contribution is 7.80. The second-order valence-corrected chi connectivity index (χ2v) is 8.52. The maximum Gasteiger partial charge on any atom is 0.341 e. The third-order valence-corrected chi connectivity index (χ3v) is 6.74. The summed E-state index contributed by atoms with van der Waals surface area (Å²) in [6.45, 7) is 12.2. The molecule has 1 amide bonds. The molecule has 1 N–H and O–H groups in total. The highest BCUT2D eigenvalue weighted by Crippen LogP contribution is 2.35.